The van der Waals surface area contributed by atoms with Gasteiger partial charge in [0.15, 0.2) is 0 Å². The van der Waals surface area contributed by atoms with Gasteiger partial charge in [0.25, 0.3) is 6.47 Å². The van der Waals surface area contributed by atoms with Gasteiger partial charge in [0, 0.05) is 13.1 Å². The molecule has 0 spiro atoms. The highest BCUT2D eigenvalue weighted by Crippen LogP contribution is 2.14. The SMILES string of the molecule is CC1=CCN(C(=O)OC(C)(C)C)CC1.CCOC=O. The predicted octanol–water partition coefficient (Wildman–Crippen LogP) is 2.75. The monoisotopic (exact) mass is 271 g/mol. The standard InChI is InChI=1S/C11H19NO2.C3H6O2/c1-9-5-7-12(8-6-9)10(13)14-11(2,3)4;1-2-5-3-4/h5H,6-8H2,1-4H3;3H,2H2,1H3. The minimum absolute atomic E-state index is 0.207. The number of hydrogen-bond acceptors (Lipinski definition) is 4. The Morgan fingerprint density at radius 3 is 2.42 bits per heavy atom. The Morgan fingerprint density at radius 1 is 1.47 bits per heavy atom. The molecule has 0 atom stereocenters. The summed E-state index contributed by atoms with van der Waals surface area (Å²) in [5, 5.41) is 0. The molecule has 0 aromatic carbocycles. The third kappa shape index (κ3) is 9.11. The molecule has 0 N–H and O–H groups in total. The van der Waals surface area contributed by atoms with Crippen LogP contribution < -0.4 is 0 Å². The summed E-state index contributed by atoms with van der Waals surface area (Å²) < 4.78 is 9.42. The second-order valence-electron chi connectivity index (χ2n) is 5.28. The largest absolute Gasteiger partial charge is 0.468 e. The molecule has 1 aliphatic rings. The fraction of sp³-hybridized carbons (Fsp3) is 0.714. The van der Waals surface area contributed by atoms with Crippen molar-refractivity contribution in [3.8, 4) is 0 Å². The van der Waals surface area contributed by atoms with Crippen LogP contribution in [-0.4, -0.2) is 42.8 Å². The number of ether oxygens (including phenoxy) is 2. The van der Waals surface area contributed by atoms with Gasteiger partial charge in [0.1, 0.15) is 5.60 Å². The second kappa shape index (κ2) is 8.56. The lowest BCUT2D eigenvalue weighted by Gasteiger charge is -2.28. The first-order valence-electron chi connectivity index (χ1n) is 6.49. The summed E-state index contributed by atoms with van der Waals surface area (Å²) in [6.45, 7) is 11.9. The zero-order valence-corrected chi connectivity index (χ0v) is 12.6. The number of nitrogens with zero attached hydrogens (tertiary/aromatic N) is 1. The van der Waals surface area contributed by atoms with Gasteiger partial charge in [-0.25, -0.2) is 4.79 Å². The molecule has 110 valence electrons. The summed E-state index contributed by atoms with van der Waals surface area (Å²) in [5.41, 5.74) is 0.956. The Bertz CT molecular complexity index is 318. The molecule has 0 bridgehead atoms. The van der Waals surface area contributed by atoms with E-state index >= 15 is 0 Å². The summed E-state index contributed by atoms with van der Waals surface area (Å²) in [4.78, 5) is 22.5. The first kappa shape index (κ1) is 17.5. The van der Waals surface area contributed by atoms with E-state index in [9.17, 15) is 9.59 Å². The van der Waals surface area contributed by atoms with Crippen LogP contribution in [0.1, 0.15) is 41.0 Å². The van der Waals surface area contributed by atoms with Gasteiger partial charge in [-0.15, -0.1) is 0 Å². The maximum absolute atomic E-state index is 11.6. The van der Waals surface area contributed by atoms with Crippen LogP contribution in [0.25, 0.3) is 0 Å². The number of hydrogen-bond donors (Lipinski definition) is 0. The van der Waals surface area contributed by atoms with Crippen LogP contribution in [-0.2, 0) is 14.3 Å². The van der Waals surface area contributed by atoms with Gasteiger partial charge in [-0.05, 0) is 41.0 Å². The molecule has 0 aliphatic carbocycles. The molecule has 1 amide bonds. The van der Waals surface area contributed by atoms with Crippen LogP contribution in [0.3, 0.4) is 0 Å². The third-order valence-corrected chi connectivity index (χ3v) is 2.32. The van der Waals surface area contributed by atoms with Crippen LogP contribution in [0.2, 0.25) is 0 Å². The minimum Gasteiger partial charge on any atom is -0.468 e. The number of carbonyl (C=O) groups is 2. The Kier molecular flexibility index (Phi) is 7.87. The molecule has 0 radical (unpaired) electrons. The topological polar surface area (TPSA) is 55.8 Å². The maximum Gasteiger partial charge on any atom is 0.410 e. The molecular weight excluding hydrogens is 246 g/mol. The number of amides is 1. The van der Waals surface area contributed by atoms with E-state index in [1.807, 2.05) is 20.8 Å². The third-order valence-electron chi connectivity index (χ3n) is 2.32. The predicted molar refractivity (Wildman–Crippen MR) is 73.9 cm³/mol. The van der Waals surface area contributed by atoms with Crippen molar-refractivity contribution in [2.24, 2.45) is 0 Å². The van der Waals surface area contributed by atoms with Crippen molar-refractivity contribution in [3.05, 3.63) is 11.6 Å². The summed E-state index contributed by atoms with van der Waals surface area (Å²) in [6, 6.07) is 0. The normalized spacial score (nSPS) is 14.8. The highest BCUT2D eigenvalue weighted by molar-refractivity contribution is 5.68. The van der Waals surface area contributed by atoms with E-state index in [1.54, 1.807) is 11.8 Å². The van der Waals surface area contributed by atoms with E-state index in [0.717, 1.165) is 13.0 Å². The molecule has 1 aliphatic heterocycles. The smallest absolute Gasteiger partial charge is 0.410 e. The molecule has 0 saturated heterocycles. The molecule has 5 heteroatoms. The van der Waals surface area contributed by atoms with Gasteiger partial charge in [0.05, 0.1) is 6.61 Å². The van der Waals surface area contributed by atoms with Crippen molar-refractivity contribution < 1.29 is 19.1 Å². The molecule has 0 aromatic heterocycles. The summed E-state index contributed by atoms with van der Waals surface area (Å²) in [7, 11) is 0. The Labute approximate surface area is 115 Å². The molecule has 5 nitrogen and oxygen atoms in total. The zero-order valence-electron chi connectivity index (χ0n) is 12.6. The first-order chi connectivity index (χ1) is 8.80. The minimum atomic E-state index is -0.396. The lowest BCUT2D eigenvalue weighted by Crippen LogP contribution is -2.39. The Balaban J connectivity index is 0.000000555. The highest BCUT2D eigenvalue weighted by Gasteiger charge is 2.22. The molecule has 19 heavy (non-hydrogen) atoms. The van der Waals surface area contributed by atoms with Gasteiger partial charge < -0.3 is 14.4 Å². The lowest BCUT2D eigenvalue weighted by molar-refractivity contribution is -0.128. The average molecular weight is 271 g/mol. The van der Waals surface area contributed by atoms with Crippen LogP contribution in [0.5, 0.6) is 0 Å². The Hall–Kier alpha value is -1.52. The van der Waals surface area contributed by atoms with E-state index in [2.05, 4.69) is 17.7 Å². The van der Waals surface area contributed by atoms with E-state index < -0.39 is 5.60 Å². The molecule has 0 fully saturated rings. The summed E-state index contributed by atoms with van der Waals surface area (Å²) in [5.74, 6) is 0. The van der Waals surface area contributed by atoms with Crippen molar-refractivity contribution >= 4 is 12.6 Å². The molecular formula is C14H25NO4. The number of carbonyl (C=O) groups excluding carboxylic acids is 2. The van der Waals surface area contributed by atoms with E-state index in [1.165, 1.54) is 5.57 Å². The summed E-state index contributed by atoms with van der Waals surface area (Å²) >= 11 is 0. The van der Waals surface area contributed by atoms with Crippen molar-refractivity contribution in [1.29, 1.82) is 0 Å². The van der Waals surface area contributed by atoms with Crippen LogP contribution in [0, 0.1) is 0 Å². The average Bonchev–Trinajstić information content (AvgIpc) is 2.29. The first-order valence-corrected chi connectivity index (χ1v) is 6.49. The highest BCUT2D eigenvalue weighted by atomic mass is 16.6. The summed E-state index contributed by atoms with van der Waals surface area (Å²) in [6.07, 6.45) is 2.83. The molecule has 1 rings (SSSR count). The fourth-order valence-corrected chi connectivity index (χ4v) is 1.33. The molecule has 0 saturated carbocycles. The van der Waals surface area contributed by atoms with E-state index in [-0.39, 0.29) is 6.09 Å². The van der Waals surface area contributed by atoms with Crippen molar-refractivity contribution in [2.45, 2.75) is 46.6 Å². The van der Waals surface area contributed by atoms with Crippen LogP contribution in [0.4, 0.5) is 4.79 Å². The van der Waals surface area contributed by atoms with Crippen LogP contribution >= 0.6 is 0 Å². The van der Waals surface area contributed by atoms with Gasteiger partial charge >= 0.3 is 6.09 Å². The Morgan fingerprint density at radius 2 is 2.11 bits per heavy atom. The quantitative estimate of drug-likeness (QED) is 0.572. The van der Waals surface area contributed by atoms with E-state index in [0.29, 0.717) is 19.6 Å². The van der Waals surface area contributed by atoms with Crippen molar-refractivity contribution in [3.63, 3.8) is 0 Å². The molecule has 0 unspecified atom stereocenters. The lowest BCUT2D eigenvalue weighted by atomic mass is 10.1. The van der Waals surface area contributed by atoms with Gasteiger partial charge in [-0.2, -0.15) is 0 Å². The van der Waals surface area contributed by atoms with Gasteiger partial charge in [0.2, 0.25) is 0 Å². The number of rotatable bonds is 2. The fourth-order valence-electron chi connectivity index (χ4n) is 1.33. The van der Waals surface area contributed by atoms with E-state index in [4.69, 9.17) is 4.74 Å². The second-order valence-corrected chi connectivity index (χ2v) is 5.28. The zero-order chi connectivity index (χ0) is 14.9. The molecule has 1 heterocycles. The van der Waals surface area contributed by atoms with Gasteiger partial charge in [-0.3, -0.25) is 4.79 Å². The molecule has 0 aromatic rings. The van der Waals surface area contributed by atoms with Crippen molar-refractivity contribution in [2.75, 3.05) is 19.7 Å². The van der Waals surface area contributed by atoms with Gasteiger partial charge in [-0.1, -0.05) is 11.6 Å². The van der Waals surface area contributed by atoms with Crippen LogP contribution in [0.15, 0.2) is 11.6 Å². The van der Waals surface area contributed by atoms with Crippen molar-refractivity contribution in [1.82, 2.24) is 4.90 Å². The maximum atomic E-state index is 11.6.